The average Bonchev–Trinajstić information content (AvgIpc) is 2.47. The summed E-state index contributed by atoms with van der Waals surface area (Å²) in [6, 6.07) is 6.75. The lowest BCUT2D eigenvalue weighted by atomic mass is 10.1. The van der Waals surface area contributed by atoms with E-state index < -0.39 is 15.2 Å². The Morgan fingerprint density at radius 2 is 2.24 bits per heavy atom. The molecular weight excluding hydrogens is 330 g/mol. The molecule has 116 valence electrons. The summed E-state index contributed by atoms with van der Waals surface area (Å²) in [5.41, 5.74) is 0.522. The third-order valence-electron chi connectivity index (χ3n) is 3.50. The van der Waals surface area contributed by atoms with Crippen LogP contribution in [0.5, 0.6) is 0 Å². The molecule has 1 saturated heterocycles. The number of benzene rings is 1. The van der Waals surface area contributed by atoms with Gasteiger partial charge in [-0.3, -0.25) is 9.69 Å². The van der Waals surface area contributed by atoms with Crippen molar-refractivity contribution in [3.8, 4) is 0 Å². The van der Waals surface area contributed by atoms with E-state index in [2.05, 4.69) is 0 Å². The Kier molecular flexibility index (Phi) is 5.71. The second-order valence-corrected chi connectivity index (χ2v) is 8.92. The van der Waals surface area contributed by atoms with Crippen molar-refractivity contribution in [1.29, 1.82) is 0 Å². The molecule has 4 nitrogen and oxygen atoms in total. The van der Waals surface area contributed by atoms with Gasteiger partial charge in [-0.15, -0.1) is 0 Å². The lowest BCUT2D eigenvalue weighted by molar-refractivity contribution is 0.0928. The van der Waals surface area contributed by atoms with Crippen LogP contribution in [0.2, 0.25) is 5.02 Å². The fourth-order valence-corrected chi connectivity index (χ4v) is 5.53. The molecule has 1 aromatic carbocycles. The van der Waals surface area contributed by atoms with E-state index in [1.165, 1.54) is 0 Å². The van der Waals surface area contributed by atoms with Gasteiger partial charge in [0.25, 0.3) is 0 Å². The zero-order chi connectivity index (χ0) is 15.5. The first-order chi connectivity index (χ1) is 9.94. The van der Waals surface area contributed by atoms with Crippen molar-refractivity contribution < 1.29 is 13.2 Å². The highest BCUT2D eigenvalue weighted by Crippen LogP contribution is 2.22. The summed E-state index contributed by atoms with van der Waals surface area (Å²) >= 11 is 7.51. The standard InChI is InChI=1S/C14H18ClNO3S2/c1-2-21(18,19)14-10-20-7-6-16(14)9-13(17)11-4-3-5-12(15)8-11/h3-5,8,14H,2,6-7,9-10H2,1H3. The maximum atomic E-state index is 12.3. The average molecular weight is 348 g/mol. The molecule has 1 aliphatic heterocycles. The third-order valence-corrected chi connectivity index (χ3v) is 7.07. The van der Waals surface area contributed by atoms with Gasteiger partial charge in [0, 0.05) is 34.4 Å². The van der Waals surface area contributed by atoms with Crippen molar-refractivity contribution in [1.82, 2.24) is 4.90 Å². The zero-order valence-corrected chi connectivity index (χ0v) is 14.2. The molecule has 1 heterocycles. The molecule has 0 bridgehead atoms. The van der Waals surface area contributed by atoms with Crippen LogP contribution in [0.15, 0.2) is 24.3 Å². The number of thioether (sulfide) groups is 1. The Balaban J connectivity index is 2.14. The second-order valence-electron chi connectivity index (χ2n) is 4.89. The Morgan fingerprint density at radius 3 is 2.90 bits per heavy atom. The van der Waals surface area contributed by atoms with Crippen LogP contribution < -0.4 is 0 Å². The molecule has 0 amide bonds. The van der Waals surface area contributed by atoms with E-state index in [4.69, 9.17) is 11.6 Å². The second kappa shape index (κ2) is 7.13. The lowest BCUT2D eigenvalue weighted by Gasteiger charge is -2.34. The summed E-state index contributed by atoms with van der Waals surface area (Å²) in [7, 11) is -3.18. The van der Waals surface area contributed by atoms with Crippen molar-refractivity contribution in [2.24, 2.45) is 0 Å². The number of hydrogen-bond acceptors (Lipinski definition) is 5. The molecule has 1 atom stereocenters. The van der Waals surface area contributed by atoms with Gasteiger partial charge in [0.2, 0.25) is 0 Å². The fraction of sp³-hybridized carbons (Fsp3) is 0.500. The van der Waals surface area contributed by atoms with Gasteiger partial charge in [0.15, 0.2) is 15.6 Å². The van der Waals surface area contributed by atoms with Gasteiger partial charge >= 0.3 is 0 Å². The Hall–Kier alpha value is -0.560. The summed E-state index contributed by atoms with van der Waals surface area (Å²) in [6.07, 6.45) is 0. The summed E-state index contributed by atoms with van der Waals surface area (Å²) in [5, 5.41) is -0.0582. The van der Waals surface area contributed by atoms with E-state index in [0.717, 1.165) is 5.75 Å². The molecule has 1 fully saturated rings. The number of nitrogens with zero attached hydrogens (tertiary/aromatic N) is 1. The highest BCUT2D eigenvalue weighted by molar-refractivity contribution is 8.01. The minimum absolute atomic E-state index is 0.0966. The first-order valence-electron chi connectivity index (χ1n) is 6.76. The first-order valence-corrected chi connectivity index (χ1v) is 10.0. The van der Waals surface area contributed by atoms with Crippen LogP contribution in [0.25, 0.3) is 0 Å². The smallest absolute Gasteiger partial charge is 0.176 e. The summed E-state index contributed by atoms with van der Waals surface area (Å²) < 4.78 is 24.3. The molecule has 1 unspecified atom stereocenters. The van der Waals surface area contributed by atoms with Gasteiger partial charge in [-0.05, 0) is 12.1 Å². The van der Waals surface area contributed by atoms with Crippen molar-refractivity contribution in [3.63, 3.8) is 0 Å². The fourth-order valence-electron chi connectivity index (χ4n) is 2.26. The predicted octanol–water partition coefficient (Wildman–Crippen LogP) is 2.33. The van der Waals surface area contributed by atoms with Crippen LogP contribution in [0.1, 0.15) is 17.3 Å². The molecule has 0 N–H and O–H groups in total. The molecule has 7 heteroatoms. The molecule has 0 aliphatic carbocycles. The monoisotopic (exact) mass is 347 g/mol. The van der Waals surface area contributed by atoms with Gasteiger partial charge in [-0.1, -0.05) is 30.7 Å². The van der Waals surface area contributed by atoms with Gasteiger partial charge in [0.05, 0.1) is 6.54 Å². The maximum absolute atomic E-state index is 12.3. The van der Waals surface area contributed by atoms with E-state index in [9.17, 15) is 13.2 Å². The van der Waals surface area contributed by atoms with Gasteiger partial charge in [-0.25, -0.2) is 8.42 Å². The first kappa shape index (κ1) is 16.8. The Bertz CT molecular complexity index is 618. The van der Waals surface area contributed by atoms with Gasteiger partial charge in [0.1, 0.15) is 5.37 Å². The SMILES string of the molecule is CCS(=O)(=O)C1CSCCN1CC(=O)c1cccc(Cl)c1. The molecule has 0 saturated carbocycles. The molecule has 21 heavy (non-hydrogen) atoms. The topological polar surface area (TPSA) is 54.5 Å². The van der Waals surface area contributed by atoms with E-state index in [-0.39, 0.29) is 18.1 Å². The summed E-state index contributed by atoms with van der Waals surface area (Å²) in [5.74, 6) is 1.37. The highest BCUT2D eigenvalue weighted by atomic mass is 35.5. The van der Waals surface area contributed by atoms with Crippen molar-refractivity contribution >= 4 is 39.0 Å². The number of ketones is 1. The van der Waals surface area contributed by atoms with E-state index in [0.29, 0.717) is 22.9 Å². The van der Waals surface area contributed by atoms with Gasteiger partial charge < -0.3 is 0 Å². The highest BCUT2D eigenvalue weighted by Gasteiger charge is 2.33. The molecule has 0 radical (unpaired) electrons. The van der Waals surface area contributed by atoms with Crippen LogP contribution in [0, 0.1) is 0 Å². The largest absolute Gasteiger partial charge is 0.293 e. The summed E-state index contributed by atoms with van der Waals surface area (Å²) in [6.45, 7) is 2.37. The molecule has 1 aromatic rings. The minimum atomic E-state index is -3.18. The molecule has 2 rings (SSSR count). The van der Waals surface area contributed by atoms with Crippen LogP contribution in [-0.2, 0) is 9.84 Å². The Labute approximate surface area is 134 Å². The molecular formula is C14H18ClNO3S2. The molecule has 1 aliphatic rings. The summed E-state index contributed by atoms with van der Waals surface area (Å²) in [4.78, 5) is 14.1. The van der Waals surface area contributed by atoms with E-state index in [1.54, 1.807) is 47.9 Å². The predicted molar refractivity (Wildman–Crippen MR) is 87.9 cm³/mol. The van der Waals surface area contributed by atoms with Crippen LogP contribution in [0.3, 0.4) is 0 Å². The van der Waals surface area contributed by atoms with Crippen LogP contribution in [-0.4, -0.2) is 54.8 Å². The van der Waals surface area contributed by atoms with Crippen LogP contribution >= 0.6 is 23.4 Å². The maximum Gasteiger partial charge on any atom is 0.176 e. The van der Waals surface area contributed by atoms with E-state index in [1.807, 2.05) is 0 Å². The van der Waals surface area contributed by atoms with Crippen molar-refractivity contribution in [3.05, 3.63) is 34.9 Å². The number of Topliss-reactive ketones (excluding diaryl/α,β-unsaturated/α-hetero) is 1. The van der Waals surface area contributed by atoms with Crippen molar-refractivity contribution in [2.45, 2.75) is 12.3 Å². The number of carbonyl (C=O) groups excluding carboxylic acids is 1. The van der Waals surface area contributed by atoms with Gasteiger partial charge in [-0.2, -0.15) is 11.8 Å². The number of rotatable bonds is 5. The number of hydrogen-bond donors (Lipinski definition) is 0. The number of halogens is 1. The normalized spacial score (nSPS) is 20.4. The quantitative estimate of drug-likeness (QED) is 0.765. The van der Waals surface area contributed by atoms with Crippen molar-refractivity contribution in [2.75, 3.05) is 30.3 Å². The van der Waals surface area contributed by atoms with Crippen LogP contribution in [0.4, 0.5) is 0 Å². The number of carbonyl (C=O) groups is 1. The number of sulfone groups is 1. The molecule has 0 aromatic heterocycles. The molecule has 0 spiro atoms. The third kappa shape index (κ3) is 4.22. The zero-order valence-electron chi connectivity index (χ0n) is 11.8. The lowest BCUT2D eigenvalue weighted by Crippen LogP contribution is -2.49. The Morgan fingerprint density at radius 1 is 1.48 bits per heavy atom. The van der Waals surface area contributed by atoms with E-state index >= 15 is 0 Å². The minimum Gasteiger partial charge on any atom is -0.293 e.